The minimum Gasteiger partial charge on any atom is -0.456 e. The Morgan fingerprint density at radius 3 is 2.13 bits per heavy atom. The van der Waals surface area contributed by atoms with Crippen LogP contribution in [-0.4, -0.2) is 24.4 Å². The third kappa shape index (κ3) is 7.57. The second-order valence-corrected chi connectivity index (χ2v) is 6.71. The highest BCUT2D eigenvalue weighted by Gasteiger charge is 2.30. The van der Waals surface area contributed by atoms with E-state index in [9.17, 15) is 27.6 Å². The molecule has 0 bridgehead atoms. The largest absolute Gasteiger partial charge is 0.456 e. The zero-order valence-electron chi connectivity index (χ0n) is 16.4. The number of carbonyl (C=O) groups excluding carboxylic acids is 3. The van der Waals surface area contributed by atoms with Crippen LogP contribution >= 0.6 is 0 Å². The first-order valence-corrected chi connectivity index (χ1v) is 9.04. The van der Waals surface area contributed by atoms with Crippen LogP contribution in [0.2, 0.25) is 0 Å². The van der Waals surface area contributed by atoms with Crippen LogP contribution in [0.4, 0.5) is 24.5 Å². The van der Waals surface area contributed by atoms with Gasteiger partial charge in [0.1, 0.15) is 0 Å². The molecule has 30 heavy (non-hydrogen) atoms. The summed E-state index contributed by atoms with van der Waals surface area (Å²) in [6.45, 7) is 3.25. The van der Waals surface area contributed by atoms with Crippen molar-refractivity contribution in [2.75, 3.05) is 17.2 Å². The molecular weight excluding hydrogens is 401 g/mol. The van der Waals surface area contributed by atoms with Gasteiger partial charge in [-0.2, -0.15) is 13.2 Å². The Bertz CT molecular complexity index is 922. The molecule has 0 heterocycles. The van der Waals surface area contributed by atoms with Crippen LogP contribution in [0, 0.1) is 13.8 Å². The first kappa shape index (κ1) is 22.9. The molecule has 9 heteroatoms. The van der Waals surface area contributed by atoms with Crippen LogP contribution in [0.25, 0.3) is 0 Å². The van der Waals surface area contributed by atoms with Crippen LogP contribution in [0.15, 0.2) is 42.5 Å². The number of hydrogen-bond donors (Lipinski definition) is 2. The molecule has 0 fully saturated rings. The highest BCUT2D eigenvalue weighted by atomic mass is 19.4. The maximum Gasteiger partial charge on any atom is 0.416 e. The quantitative estimate of drug-likeness (QED) is 0.655. The summed E-state index contributed by atoms with van der Waals surface area (Å²) < 4.78 is 42.9. The number of benzene rings is 2. The number of halogens is 3. The van der Waals surface area contributed by atoms with Crippen LogP contribution in [0.5, 0.6) is 0 Å². The lowest BCUT2D eigenvalue weighted by Crippen LogP contribution is -2.22. The monoisotopic (exact) mass is 422 g/mol. The Hall–Kier alpha value is -3.36. The molecule has 0 atom stereocenters. The molecule has 0 aliphatic carbocycles. The summed E-state index contributed by atoms with van der Waals surface area (Å²) in [4.78, 5) is 35.4. The van der Waals surface area contributed by atoms with Crippen molar-refractivity contribution in [1.29, 1.82) is 0 Å². The van der Waals surface area contributed by atoms with E-state index in [-0.39, 0.29) is 18.5 Å². The number of rotatable bonds is 7. The lowest BCUT2D eigenvalue weighted by atomic mass is 10.1. The zero-order chi connectivity index (χ0) is 22.3. The fourth-order valence-electron chi connectivity index (χ4n) is 2.67. The standard InChI is InChI=1S/C21H21F3N2O4/c1-13-8-14(2)10-17(9-13)26-19(28)12-30-20(29)7-6-18(27)25-16-5-3-4-15(11-16)21(22,23)24/h3-5,8-11H,6-7,12H2,1-2H3,(H,25,27)(H,26,28). The molecule has 2 amide bonds. The van der Waals surface area contributed by atoms with Gasteiger partial charge in [0, 0.05) is 17.8 Å². The molecule has 0 aliphatic heterocycles. The number of hydrogen-bond acceptors (Lipinski definition) is 4. The molecule has 0 saturated carbocycles. The fraction of sp³-hybridized carbons (Fsp3) is 0.286. The summed E-state index contributed by atoms with van der Waals surface area (Å²) in [7, 11) is 0. The summed E-state index contributed by atoms with van der Waals surface area (Å²) >= 11 is 0. The van der Waals surface area contributed by atoms with E-state index in [1.807, 2.05) is 19.9 Å². The molecule has 0 spiro atoms. The van der Waals surface area contributed by atoms with Crippen molar-refractivity contribution >= 4 is 29.2 Å². The Kier molecular flexibility index (Phi) is 7.57. The molecule has 0 saturated heterocycles. The third-order valence-corrected chi connectivity index (χ3v) is 3.90. The average Bonchev–Trinajstić information content (AvgIpc) is 2.63. The number of ether oxygens (including phenoxy) is 1. The number of aryl methyl sites for hydroxylation is 2. The zero-order valence-corrected chi connectivity index (χ0v) is 16.4. The number of alkyl halides is 3. The van der Waals surface area contributed by atoms with Gasteiger partial charge in [0.25, 0.3) is 5.91 Å². The molecule has 0 radical (unpaired) electrons. The Morgan fingerprint density at radius 2 is 1.50 bits per heavy atom. The number of amides is 2. The van der Waals surface area contributed by atoms with Gasteiger partial charge >= 0.3 is 12.1 Å². The molecule has 2 N–H and O–H groups in total. The van der Waals surface area contributed by atoms with E-state index < -0.39 is 36.1 Å². The number of anilines is 2. The maximum absolute atomic E-state index is 12.7. The van der Waals surface area contributed by atoms with Gasteiger partial charge in [-0.05, 0) is 55.3 Å². The molecule has 0 aromatic heterocycles. The van der Waals surface area contributed by atoms with E-state index in [1.54, 1.807) is 12.1 Å². The minimum absolute atomic E-state index is 0.0315. The summed E-state index contributed by atoms with van der Waals surface area (Å²) in [6, 6.07) is 9.64. The van der Waals surface area contributed by atoms with Gasteiger partial charge in [-0.15, -0.1) is 0 Å². The lowest BCUT2D eigenvalue weighted by molar-refractivity contribution is -0.147. The van der Waals surface area contributed by atoms with Crippen molar-refractivity contribution in [1.82, 2.24) is 0 Å². The number of carbonyl (C=O) groups is 3. The molecule has 0 unspecified atom stereocenters. The van der Waals surface area contributed by atoms with E-state index in [1.165, 1.54) is 12.1 Å². The van der Waals surface area contributed by atoms with Crippen molar-refractivity contribution in [2.45, 2.75) is 32.9 Å². The Balaban J connectivity index is 1.75. The van der Waals surface area contributed by atoms with E-state index >= 15 is 0 Å². The first-order valence-electron chi connectivity index (χ1n) is 9.04. The summed E-state index contributed by atoms with van der Waals surface area (Å²) in [5.41, 5.74) is 1.59. The topological polar surface area (TPSA) is 84.5 Å². The van der Waals surface area contributed by atoms with Gasteiger partial charge in [-0.1, -0.05) is 12.1 Å². The van der Waals surface area contributed by atoms with Crippen molar-refractivity contribution in [3.8, 4) is 0 Å². The molecule has 2 aromatic carbocycles. The molecule has 160 valence electrons. The van der Waals surface area contributed by atoms with Crippen molar-refractivity contribution in [3.05, 3.63) is 59.2 Å². The van der Waals surface area contributed by atoms with Gasteiger partial charge < -0.3 is 15.4 Å². The second-order valence-electron chi connectivity index (χ2n) is 6.71. The summed E-state index contributed by atoms with van der Waals surface area (Å²) in [5, 5.41) is 4.90. The third-order valence-electron chi connectivity index (χ3n) is 3.90. The maximum atomic E-state index is 12.7. The van der Waals surface area contributed by atoms with Gasteiger partial charge in [0.15, 0.2) is 6.61 Å². The second kappa shape index (κ2) is 9.91. The van der Waals surface area contributed by atoms with Crippen LogP contribution < -0.4 is 10.6 Å². The van der Waals surface area contributed by atoms with Gasteiger partial charge in [0.2, 0.25) is 5.91 Å². The van der Waals surface area contributed by atoms with E-state index in [0.717, 1.165) is 23.3 Å². The highest BCUT2D eigenvalue weighted by molar-refractivity contribution is 5.94. The van der Waals surface area contributed by atoms with Gasteiger partial charge in [0.05, 0.1) is 12.0 Å². The fourth-order valence-corrected chi connectivity index (χ4v) is 2.67. The molecule has 0 aliphatic rings. The number of nitrogens with one attached hydrogen (secondary N) is 2. The van der Waals surface area contributed by atoms with E-state index in [0.29, 0.717) is 5.69 Å². The van der Waals surface area contributed by atoms with Crippen LogP contribution in [0.1, 0.15) is 29.5 Å². The first-order chi connectivity index (χ1) is 14.0. The molecule has 2 rings (SSSR count). The predicted octanol–water partition coefficient (Wildman–Crippen LogP) is 4.22. The highest BCUT2D eigenvalue weighted by Crippen LogP contribution is 2.30. The Labute approximate surface area is 171 Å². The SMILES string of the molecule is Cc1cc(C)cc(NC(=O)COC(=O)CCC(=O)Nc2cccc(C(F)(F)F)c2)c1. The van der Waals surface area contributed by atoms with Gasteiger partial charge in [-0.3, -0.25) is 14.4 Å². The minimum atomic E-state index is -4.53. The van der Waals surface area contributed by atoms with Crippen molar-refractivity contribution in [3.63, 3.8) is 0 Å². The van der Waals surface area contributed by atoms with Crippen molar-refractivity contribution < 1.29 is 32.3 Å². The smallest absolute Gasteiger partial charge is 0.416 e. The summed E-state index contributed by atoms with van der Waals surface area (Å²) in [5.74, 6) is -1.95. The van der Waals surface area contributed by atoms with Gasteiger partial charge in [-0.25, -0.2) is 0 Å². The molecule has 6 nitrogen and oxygen atoms in total. The number of esters is 1. The van der Waals surface area contributed by atoms with E-state index in [4.69, 9.17) is 4.74 Å². The normalized spacial score (nSPS) is 11.0. The predicted molar refractivity (Wildman–Crippen MR) is 105 cm³/mol. The molecular formula is C21H21F3N2O4. The average molecular weight is 422 g/mol. The molecule has 2 aromatic rings. The van der Waals surface area contributed by atoms with E-state index in [2.05, 4.69) is 10.6 Å². The van der Waals surface area contributed by atoms with Crippen molar-refractivity contribution in [2.24, 2.45) is 0 Å². The van der Waals surface area contributed by atoms with Crippen LogP contribution in [-0.2, 0) is 25.3 Å². The lowest BCUT2D eigenvalue weighted by Gasteiger charge is -2.10. The summed E-state index contributed by atoms with van der Waals surface area (Å²) in [6.07, 6.45) is -5.14. The van der Waals surface area contributed by atoms with Crippen LogP contribution in [0.3, 0.4) is 0 Å². The Morgan fingerprint density at radius 1 is 0.867 bits per heavy atom.